The second-order valence-electron chi connectivity index (χ2n) is 7.76. The van der Waals surface area contributed by atoms with Crippen molar-refractivity contribution >= 4 is 5.97 Å². The first kappa shape index (κ1) is 23.4. The van der Waals surface area contributed by atoms with Crippen LogP contribution < -0.4 is 0 Å². The predicted octanol–water partition coefficient (Wildman–Crippen LogP) is 7.15. The van der Waals surface area contributed by atoms with Gasteiger partial charge in [-0.15, -0.1) is 0 Å². The molecule has 0 aromatic carbocycles. The summed E-state index contributed by atoms with van der Waals surface area (Å²) in [5, 5.41) is 9.22. The van der Waals surface area contributed by atoms with Crippen LogP contribution in [0.2, 0.25) is 0 Å². The summed E-state index contributed by atoms with van der Waals surface area (Å²) in [5.41, 5.74) is -0.640. The molecular weight excluding hydrogens is 300 g/mol. The molecule has 0 aliphatic heterocycles. The van der Waals surface area contributed by atoms with E-state index in [1.54, 1.807) is 0 Å². The highest BCUT2D eigenvalue weighted by molar-refractivity contribution is 5.77. The summed E-state index contributed by atoms with van der Waals surface area (Å²) in [6.07, 6.45) is 14.1. The Kier molecular flexibility index (Phi) is 12.4. The summed E-state index contributed by atoms with van der Waals surface area (Å²) in [5.74, 6) is -0.415. The van der Waals surface area contributed by atoms with Gasteiger partial charge in [0, 0.05) is 0 Å². The van der Waals surface area contributed by atoms with Gasteiger partial charge in [0.15, 0.2) is 0 Å². The normalized spacial score (nSPS) is 14.4. The summed E-state index contributed by atoms with van der Waals surface area (Å²) < 4.78 is 0. The lowest BCUT2D eigenvalue weighted by Crippen LogP contribution is -2.47. The van der Waals surface area contributed by atoms with Crippen LogP contribution in [0.15, 0.2) is 0 Å². The first-order valence-corrected chi connectivity index (χ1v) is 10.3. The summed E-state index contributed by atoms with van der Waals surface area (Å²) in [7, 11) is 0. The van der Waals surface area contributed by atoms with Crippen molar-refractivity contribution in [2.24, 2.45) is 10.8 Å². The van der Waals surface area contributed by atoms with Crippen LogP contribution in [0.1, 0.15) is 118 Å². The van der Waals surface area contributed by atoms with Gasteiger partial charge in [0.25, 0.3) is 0 Å². The molecule has 0 spiro atoms. The molecule has 0 fully saturated rings. The van der Waals surface area contributed by atoms with Crippen molar-refractivity contribution in [1.29, 1.82) is 0 Å². The summed E-state index contributed by atoms with van der Waals surface area (Å²) in [6, 6.07) is 0. The fourth-order valence-corrected chi connectivity index (χ4v) is 4.16. The SMILES string of the molecule is CCCCCC(C)(C(=O)OO)C(CCCC)(CCCC)CCCC. The van der Waals surface area contributed by atoms with Gasteiger partial charge in [0.05, 0.1) is 5.41 Å². The van der Waals surface area contributed by atoms with Crippen molar-refractivity contribution in [3.8, 4) is 0 Å². The van der Waals surface area contributed by atoms with Gasteiger partial charge >= 0.3 is 5.97 Å². The predicted molar refractivity (Wildman–Crippen MR) is 102 cm³/mol. The maximum Gasteiger partial charge on any atom is 0.348 e. The Morgan fingerprint density at radius 2 is 1.17 bits per heavy atom. The van der Waals surface area contributed by atoms with Crippen LogP contribution in [0, 0.1) is 10.8 Å². The molecule has 0 amide bonds. The van der Waals surface area contributed by atoms with Gasteiger partial charge in [-0.25, -0.2) is 4.79 Å². The molecule has 0 radical (unpaired) electrons. The summed E-state index contributed by atoms with van der Waals surface area (Å²) in [6.45, 7) is 10.9. The Morgan fingerprint density at radius 3 is 1.50 bits per heavy atom. The monoisotopic (exact) mass is 342 g/mol. The minimum atomic E-state index is -0.587. The van der Waals surface area contributed by atoms with Crippen LogP contribution in [-0.4, -0.2) is 11.2 Å². The van der Waals surface area contributed by atoms with E-state index in [2.05, 4.69) is 39.5 Å². The smallest absolute Gasteiger partial charge is 0.300 e. The number of hydrogen-bond acceptors (Lipinski definition) is 3. The molecule has 0 rings (SSSR count). The molecule has 3 nitrogen and oxygen atoms in total. The van der Waals surface area contributed by atoms with E-state index >= 15 is 0 Å². The fourth-order valence-electron chi connectivity index (χ4n) is 4.16. The molecule has 0 saturated heterocycles. The van der Waals surface area contributed by atoms with Gasteiger partial charge in [0.1, 0.15) is 0 Å². The molecule has 3 heteroatoms. The average molecular weight is 343 g/mol. The molecule has 1 atom stereocenters. The highest BCUT2D eigenvalue weighted by Crippen LogP contribution is 2.54. The zero-order valence-electron chi connectivity index (χ0n) is 17.0. The summed E-state index contributed by atoms with van der Waals surface area (Å²) in [4.78, 5) is 17.0. The molecule has 1 N–H and O–H groups in total. The highest BCUT2D eigenvalue weighted by atomic mass is 17.1. The molecule has 0 heterocycles. The zero-order chi connectivity index (χ0) is 18.5. The maximum absolute atomic E-state index is 12.7. The Bertz CT molecular complexity index is 305. The maximum atomic E-state index is 12.7. The van der Waals surface area contributed by atoms with E-state index in [4.69, 9.17) is 0 Å². The lowest BCUT2D eigenvalue weighted by atomic mass is 9.55. The Labute approximate surface area is 150 Å². The fraction of sp³-hybridized carbons (Fsp3) is 0.952. The largest absolute Gasteiger partial charge is 0.348 e. The van der Waals surface area contributed by atoms with Gasteiger partial charge in [-0.1, -0.05) is 85.5 Å². The van der Waals surface area contributed by atoms with E-state index in [0.717, 1.165) is 83.5 Å². The minimum Gasteiger partial charge on any atom is -0.300 e. The van der Waals surface area contributed by atoms with Gasteiger partial charge in [-0.05, 0) is 38.0 Å². The quantitative estimate of drug-likeness (QED) is 0.195. The van der Waals surface area contributed by atoms with Gasteiger partial charge < -0.3 is 4.89 Å². The topological polar surface area (TPSA) is 46.5 Å². The van der Waals surface area contributed by atoms with Crippen molar-refractivity contribution in [2.45, 2.75) is 118 Å². The third-order valence-corrected chi connectivity index (χ3v) is 6.01. The molecule has 0 aliphatic carbocycles. The standard InChI is InChI=1S/C21H42O3/c1-6-10-14-15-20(5,19(22)24-23)21(16-11-7-2,17-12-8-3)18-13-9-4/h23H,6-18H2,1-5H3. The minimum absolute atomic E-state index is 0.0530. The first-order valence-electron chi connectivity index (χ1n) is 10.3. The number of carbonyl (C=O) groups is 1. The van der Waals surface area contributed by atoms with Crippen molar-refractivity contribution in [3.63, 3.8) is 0 Å². The third-order valence-electron chi connectivity index (χ3n) is 6.01. The first-order chi connectivity index (χ1) is 11.5. The van der Waals surface area contributed by atoms with Gasteiger partial charge in [-0.3, -0.25) is 0 Å². The van der Waals surface area contributed by atoms with Crippen LogP contribution in [0.3, 0.4) is 0 Å². The van der Waals surface area contributed by atoms with Crippen molar-refractivity contribution in [3.05, 3.63) is 0 Å². The van der Waals surface area contributed by atoms with E-state index in [-0.39, 0.29) is 5.41 Å². The average Bonchev–Trinajstić information content (AvgIpc) is 2.60. The highest BCUT2D eigenvalue weighted by Gasteiger charge is 2.52. The molecule has 1 unspecified atom stereocenters. The number of unbranched alkanes of at least 4 members (excludes halogenated alkanes) is 5. The van der Waals surface area contributed by atoms with Crippen LogP contribution in [0.4, 0.5) is 0 Å². The van der Waals surface area contributed by atoms with Gasteiger partial charge in [0.2, 0.25) is 0 Å². The van der Waals surface area contributed by atoms with Crippen LogP contribution in [-0.2, 0) is 9.68 Å². The number of rotatable bonds is 15. The number of hydrogen-bond donors (Lipinski definition) is 1. The van der Waals surface area contributed by atoms with Crippen molar-refractivity contribution in [2.75, 3.05) is 0 Å². The summed E-state index contributed by atoms with van der Waals surface area (Å²) >= 11 is 0. The molecule has 0 aliphatic rings. The molecule has 0 saturated carbocycles. The van der Waals surface area contributed by atoms with E-state index < -0.39 is 11.4 Å². The van der Waals surface area contributed by atoms with E-state index in [1.807, 2.05) is 0 Å². The molecule has 0 aromatic rings. The van der Waals surface area contributed by atoms with Crippen molar-refractivity contribution < 1.29 is 14.9 Å². The van der Waals surface area contributed by atoms with E-state index in [1.165, 1.54) is 0 Å². The zero-order valence-corrected chi connectivity index (χ0v) is 17.0. The van der Waals surface area contributed by atoms with Crippen molar-refractivity contribution in [1.82, 2.24) is 0 Å². The van der Waals surface area contributed by atoms with Crippen LogP contribution in [0.25, 0.3) is 0 Å². The second-order valence-corrected chi connectivity index (χ2v) is 7.76. The molecule has 0 aromatic heterocycles. The van der Waals surface area contributed by atoms with E-state index in [9.17, 15) is 10.1 Å². The molecule has 144 valence electrons. The Hall–Kier alpha value is -0.570. The second kappa shape index (κ2) is 12.7. The van der Waals surface area contributed by atoms with Crippen LogP contribution >= 0.6 is 0 Å². The molecular formula is C21H42O3. The third kappa shape index (κ3) is 6.38. The Morgan fingerprint density at radius 1 is 0.750 bits per heavy atom. The van der Waals surface area contributed by atoms with E-state index in [0.29, 0.717) is 0 Å². The van der Waals surface area contributed by atoms with Crippen LogP contribution in [0.5, 0.6) is 0 Å². The molecule has 0 bridgehead atoms. The Balaban J connectivity index is 5.72. The van der Waals surface area contributed by atoms with Gasteiger partial charge in [-0.2, -0.15) is 5.26 Å². The lowest BCUT2D eigenvalue weighted by Gasteiger charge is -2.47. The lowest BCUT2D eigenvalue weighted by molar-refractivity contribution is -0.253. The number of carbonyl (C=O) groups excluding carboxylic acids is 1. The molecule has 24 heavy (non-hydrogen) atoms.